The highest BCUT2D eigenvalue weighted by atomic mass is 16.7. The van der Waals surface area contributed by atoms with Crippen LogP contribution < -0.4 is 5.11 Å². The summed E-state index contributed by atoms with van der Waals surface area (Å²) in [6.07, 6.45) is 97.6. The Bertz CT molecular complexity index is 1870. The number of likely N-dealkylation sites (N-methyl/N-ethyl adjacent to an activating group) is 1. The van der Waals surface area contributed by atoms with Gasteiger partial charge in [0.25, 0.3) is 0 Å². The highest BCUT2D eigenvalue weighted by molar-refractivity contribution is 5.70. The number of hydrogen-bond donors (Lipinski definition) is 0. The molecule has 524 valence electrons. The van der Waals surface area contributed by atoms with Crippen LogP contribution in [0.1, 0.15) is 335 Å². The average Bonchev–Trinajstić information content (AvgIpc) is 3.53. The fourth-order valence-electron chi connectivity index (χ4n) is 10.7. The lowest BCUT2D eigenvalue weighted by Gasteiger charge is -2.26. The van der Waals surface area contributed by atoms with Crippen molar-refractivity contribution in [3.63, 3.8) is 0 Å². The van der Waals surface area contributed by atoms with Crippen LogP contribution in [0.2, 0.25) is 0 Å². The maximum atomic E-state index is 13.0. The zero-order chi connectivity index (χ0) is 66.1. The van der Waals surface area contributed by atoms with E-state index in [1.54, 1.807) is 0 Å². The van der Waals surface area contributed by atoms with E-state index in [-0.39, 0.29) is 38.6 Å². The molecular formula is C82H143NO8. The van der Waals surface area contributed by atoms with E-state index in [0.717, 1.165) is 83.5 Å². The van der Waals surface area contributed by atoms with Crippen molar-refractivity contribution in [2.24, 2.45) is 0 Å². The monoisotopic (exact) mass is 1270 g/mol. The van der Waals surface area contributed by atoms with Gasteiger partial charge in [-0.2, -0.15) is 0 Å². The number of hydrogen-bond acceptors (Lipinski definition) is 8. The number of aliphatic carboxylic acids is 1. The number of unbranched alkanes of at least 4 members (excludes halogenated alkanes) is 37. The normalized spacial score (nSPS) is 13.3. The Kier molecular flexibility index (Phi) is 68.6. The van der Waals surface area contributed by atoms with Crippen LogP contribution in [0.4, 0.5) is 0 Å². The molecule has 0 heterocycles. The Morgan fingerprint density at radius 2 is 0.626 bits per heavy atom. The van der Waals surface area contributed by atoms with Crippen molar-refractivity contribution in [2.75, 3.05) is 47.5 Å². The summed E-state index contributed by atoms with van der Waals surface area (Å²) in [5.74, 6) is -2.27. The van der Waals surface area contributed by atoms with Crippen LogP contribution in [0, 0.1) is 0 Å². The van der Waals surface area contributed by atoms with Gasteiger partial charge < -0.3 is 33.3 Å². The van der Waals surface area contributed by atoms with Crippen LogP contribution in [0.5, 0.6) is 0 Å². The maximum Gasteiger partial charge on any atom is 0.306 e. The quantitative estimate of drug-likeness (QED) is 0.0195. The third kappa shape index (κ3) is 73.2. The van der Waals surface area contributed by atoms with Crippen molar-refractivity contribution < 1.29 is 42.9 Å². The number of esters is 2. The van der Waals surface area contributed by atoms with Gasteiger partial charge in [-0.3, -0.25) is 9.59 Å². The third-order valence-electron chi connectivity index (χ3n) is 16.5. The predicted octanol–water partition coefficient (Wildman–Crippen LogP) is 22.8. The molecular weight excluding hydrogens is 1130 g/mol. The molecule has 0 N–H and O–H groups in total. The lowest BCUT2D eigenvalue weighted by Crippen LogP contribution is -2.44. The number of allylic oxidation sites excluding steroid dienone is 18. The summed E-state index contributed by atoms with van der Waals surface area (Å²) in [5.41, 5.74) is 0. The molecule has 0 fully saturated rings. The Morgan fingerprint density at radius 3 is 0.934 bits per heavy atom. The van der Waals surface area contributed by atoms with Gasteiger partial charge in [-0.25, -0.2) is 0 Å². The number of carbonyl (C=O) groups is 3. The van der Waals surface area contributed by atoms with Crippen molar-refractivity contribution in [3.05, 3.63) is 109 Å². The summed E-state index contributed by atoms with van der Waals surface area (Å²) in [4.78, 5) is 37.5. The molecule has 0 spiro atoms. The molecule has 0 radical (unpaired) electrons. The van der Waals surface area contributed by atoms with E-state index in [2.05, 4.69) is 123 Å². The standard InChI is InChI=1S/C82H143NO8/c1-6-8-10-12-14-16-18-20-22-24-26-28-30-32-33-34-35-36-37-38-39-40-41-42-43-44-45-46-47-49-51-53-55-57-59-61-63-65-67-69-71-73-80(85)91-78(77-90-82(81(86)87)88-75-74-83(3,4)5)76-89-79(84)72-70-68-66-64-62-60-58-56-54-52-50-48-31-29-27-25-23-21-19-17-15-13-11-9-7-2/h8,10,14,16,19-22,25-28,31-33,35-36,48,78,82H,6-7,9,11-13,15,17-18,23-24,29-30,34,37-47,49-77H2,1-5H3/b10-8-,16-14-,21-19-,22-20-,27-25-,28-26-,33-32-,36-35-,48-31-. The Hall–Kier alpha value is -4.05. The lowest BCUT2D eigenvalue weighted by molar-refractivity contribution is -0.870. The second-order valence-corrected chi connectivity index (χ2v) is 26.6. The van der Waals surface area contributed by atoms with Crippen LogP contribution in [-0.4, -0.2) is 82.3 Å². The zero-order valence-corrected chi connectivity index (χ0v) is 59.9. The first-order valence-corrected chi connectivity index (χ1v) is 38.0. The number of carbonyl (C=O) groups excluding carboxylic acids is 3. The molecule has 0 aromatic heterocycles. The number of ether oxygens (including phenoxy) is 4. The summed E-state index contributed by atoms with van der Waals surface area (Å²) < 4.78 is 22.8. The van der Waals surface area contributed by atoms with Gasteiger partial charge in [0.2, 0.25) is 0 Å². The molecule has 2 unspecified atom stereocenters. The van der Waals surface area contributed by atoms with Gasteiger partial charge in [0.15, 0.2) is 12.4 Å². The number of quaternary nitrogens is 1. The van der Waals surface area contributed by atoms with E-state index >= 15 is 0 Å². The second kappa shape index (κ2) is 71.8. The van der Waals surface area contributed by atoms with E-state index in [0.29, 0.717) is 17.4 Å². The van der Waals surface area contributed by atoms with Crippen LogP contribution >= 0.6 is 0 Å². The van der Waals surface area contributed by atoms with Crippen LogP contribution in [0.15, 0.2) is 109 Å². The van der Waals surface area contributed by atoms with Gasteiger partial charge in [-0.1, -0.05) is 329 Å². The highest BCUT2D eigenvalue weighted by Gasteiger charge is 2.22. The first-order chi connectivity index (χ1) is 44.6. The zero-order valence-electron chi connectivity index (χ0n) is 59.9. The predicted molar refractivity (Wildman–Crippen MR) is 389 cm³/mol. The number of rotatable bonds is 70. The molecule has 0 aliphatic rings. The Labute approximate surface area is 562 Å². The summed E-state index contributed by atoms with van der Waals surface area (Å²) in [6, 6.07) is 0. The van der Waals surface area contributed by atoms with Gasteiger partial charge >= 0.3 is 11.9 Å². The average molecular weight is 1270 g/mol. The van der Waals surface area contributed by atoms with Crippen LogP contribution in [0.25, 0.3) is 0 Å². The first kappa shape index (κ1) is 87.0. The molecule has 0 aromatic rings. The van der Waals surface area contributed by atoms with Gasteiger partial charge in [0.1, 0.15) is 13.2 Å². The molecule has 0 rings (SSSR count). The summed E-state index contributed by atoms with van der Waals surface area (Å²) in [5, 5.41) is 11.8. The Morgan fingerprint density at radius 1 is 0.341 bits per heavy atom. The molecule has 9 heteroatoms. The highest BCUT2D eigenvalue weighted by Crippen LogP contribution is 2.18. The Balaban J connectivity index is 4.02. The SMILES string of the molecule is CC/C=C\C/C=C\C/C=C\C/C=C\C/C=C\C/C=C\CCCCCCCCCCCCCCCCCCCCCCCCC(=O)OC(COC(=O)CCCCCCCCCCCC/C=C\C/C=C\C/C=C\CCCCCCC)COC(OCC[N+](C)(C)C)C(=O)[O-]. The first-order valence-electron chi connectivity index (χ1n) is 38.0. The fraction of sp³-hybridized carbons (Fsp3) is 0.744. The molecule has 9 nitrogen and oxygen atoms in total. The van der Waals surface area contributed by atoms with Gasteiger partial charge in [0, 0.05) is 12.8 Å². The van der Waals surface area contributed by atoms with Crippen LogP contribution in [0.3, 0.4) is 0 Å². The number of carboxylic acids is 1. The minimum Gasteiger partial charge on any atom is -0.545 e. The molecule has 0 amide bonds. The van der Waals surface area contributed by atoms with Crippen LogP contribution in [-0.2, 0) is 33.3 Å². The van der Waals surface area contributed by atoms with Crippen molar-refractivity contribution in [1.82, 2.24) is 0 Å². The van der Waals surface area contributed by atoms with Gasteiger partial charge in [-0.15, -0.1) is 0 Å². The van der Waals surface area contributed by atoms with E-state index in [4.69, 9.17) is 18.9 Å². The molecule has 0 aliphatic carbocycles. The summed E-state index contributed by atoms with van der Waals surface area (Å²) in [7, 11) is 5.94. The van der Waals surface area contributed by atoms with Crippen molar-refractivity contribution in [2.45, 2.75) is 347 Å². The second-order valence-electron chi connectivity index (χ2n) is 26.6. The molecule has 0 bridgehead atoms. The maximum absolute atomic E-state index is 13.0. The minimum absolute atomic E-state index is 0.145. The van der Waals surface area contributed by atoms with E-state index in [1.165, 1.54) is 218 Å². The van der Waals surface area contributed by atoms with E-state index in [1.807, 2.05) is 21.1 Å². The number of carboxylic acid groups (broad SMARTS) is 1. The van der Waals surface area contributed by atoms with Gasteiger partial charge in [0.05, 0.1) is 40.3 Å². The van der Waals surface area contributed by atoms with Crippen molar-refractivity contribution >= 4 is 17.9 Å². The molecule has 0 saturated carbocycles. The van der Waals surface area contributed by atoms with E-state index < -0.39 is 24.3 Å². The topological polar surface area (TPSA) is 111 Å². The fourth-order valence-corrected chi connectivity index (χ4v) is 10.7. The minimum atomic E-state index is -1.63. The van der Waals surface area contributed by atoms with Crippen molar-refractivity contribution in [3.8, 4) is 0 Å². The smallest absolute Gasteiger partial charge is 0.306 e. The molecule has 0 aromatic carbocycles. The summed E-state index contributed by atoms with van der Waals surface area (Å²) in [6.45, 7) is 4.65. The molecule has 0 aliphatic heterocycles. The molecule has 2 atom stereocenters. The molecule has 91 heavy (non-hydrogen) atoms. The van der Waals surface area contributed by atoms with Gasteiger partial charge in [-0.05, 0) is 103 Å². The summed E-state index contributed by atoms with van der Waals surface area (Å²) >= 11 is 0. The number of nitrogens with zero attached hydrogens (tertiary/aromatic N) is 1. The third-order valence-corrected chi connectivity index (χ3v) is 16.5. The van der Waals surface area contributed by atoms with E-state index in [9.17, 15) is 19.5 Å². The lowest BCUT2D eigenvalue weighted by atomic mass is 10.0. The molecule has 0 saturated heterocycles. The largest absolute Gasteiger partial charge is 0.545 e. The van der Waals surface area contributed by atoms with Crippen molar-refractivity contribution in [1.29, 1.82) is 0 Å².